The average molecular weight is 181 g/mol. The molecule has 1 N–H and O–H groups in total. The van der Waals surface area contributed by atoms with Crippen LogP contribution in [-0.4, -0.2) is 19.2 Å². The van der Waals surface area contributed by atoms with E-state index in [4.69, 9.17) is 0 Å². The SMILES string of the molecule is CNC(=O)c1cccc(F)c1C=O. The summed E-state index contributed by atoms with van der Waals surface area (Å²) in [5.74, 6) is -1.15. The third-order valence-corrected chi connectivity index (χ3v) is 1.64. The summed E-state index contributed by atoms with van der Waals surface area (Å²) >= 11 is 0. The highest BCUT2D eigenvalue weighted by atomic mass is 19.1. The normalized spacial score (nSPS) is 9.38. The Bertz CT molecular complexity index is 349. The highest BCUT2D eigenvalue weighted by molar-refractivity contribution is 6.01. The smallest absolute Gasteiger partial charge is 0.251 e. The maximum absolute atomic E-state index is 12.9. The number of hydrogen-bond acceptors (Lipinski definition) is 2. The second-order valence-electron chi connectivity index (χ2n) is 2.40. The first-order valence-electron chi connectivity index (χ1n) is 3.66. The van der Waals surface area contributed by atoms with Gasteiger partial charge in [-0.3, -0.25) is 9.59 Å². The van der Waals surface area contributed by atoms with Crippen molar-refractivity contribution in [2.45, 2.75) is 0 Å². The Morgan fingerprint density at radius 2 is 2.23 bits per heavy atom. The largest absolute Gasteiger partial charge is 0.355 e. The molecule has 0 fully saturated rings. The molecule has 0 aliphatic carbocycles. The molecule has 0 radical (unpaired) electrons. The van der Waals surface area contributed by atoms with Crippen LogP contribution < -0.4 is 5.32 Å². The number of carbonyl (C=O) groups is 2. The van der Waals surface area contributed by atoms with Crippen LogP contribution >= 0.6 is 0 Å². The number of benzene rings is 1. The zero-order valence-corrected chi connectivity index (χ0v) is 7.00. The monoisotopic (exact) mass is 181 g/mol. The number of hydrogen-bond donors (Lipinski definition) is 1. The number of rotatable bonds is 2. The third-order valence-electron chi connectivity index (χ3n) is 1.64. The highest BCUT2D eigenvalue weighted by Gasteiger charge is 2.12. The van der Waals surface area contributed by atoms with E-state index in [1.807, 2.05) is 0 Å². The zero-order valence-electron chi connectivity index (χ0n) is 7.00. The molecule has 0 aromatic heterocycles. The van der Waals surface area contributed by atoms with Gasteiger partial charge in [-0.25, -0.2) is 4.39 Å². The van der Waals surface area contributed by atoms with Gasteiger partial charge in [-0.15, -0.1) is 0 Å². The quantitative estimate of drug-likeness (QED) is 0.692. The van der Waals surface area contributed by atoms with Crippen LogP contribution in [0, 0.1) is 5.82 Å². The van der Waals surface area contributed by atoms with Gasteiger partial charge in [0.2, 0.25) is 0 Å². The number of halogens is 1. The molecule has 3 nitrogen and oxygen atoms in total. The summed E-state index contributed by atoms with van der Waals surface area (Å²) in [5.41, 5.74) is -0.153. The molecule has 1 aromatic carbocycles. The zero-order chi connectivity index (χ0) is 9.84. The van der Waals surface area contributed by atoms with E-state index in [2.05, 4.69) is 5.32 Å². The predicted octanol–water partition coefficient (Wildman–Crippen LogP) is 0.998. The molecule has 0 saturated carbocycles. The first-order valence-corrected chi connectivity index (χ1v) is 3.66. The van der Waals surface area contributed by atoms with Crippen LogP contribution in [0.4, 0.5) is 4.39 Å². The maximum Gasteiger partial charge on any atom is 0.251 e. The topological polar surface area (TPSA) is 46.2 Å². The van der Waals surface area contributed by atoms with Gasteiger partial charge in [0.1, 0.15) is 5.82 Å². The van der Waals surface area contributed by atoms with Crippen molar-refractivity contribution in [2.75, 3.05) is 7.05 Å². The average Bonchev–Trinajstić information content (AvgIpc) is 2.16. The van der Waals surface area contributed by atoms with Crippen molar-refractivity contribution >= 4 is 12.2 Å². The molecule has 1 aromatic rings. The first-order chi connectivity index (χ1) is 6.20. The van der Waals surface area contributed by atoms with Gasteiger partial charge < -0.3 is 5.32 Å². The third kappa shape index (κ3) is 1.72. The molecule has 13 heavy (non-hydrogen) atoms. The number of nitrogens with one attached hydrogen (secondary N) is 1. The molecule has 68 valence electrons. The van der Waals surface area contributed by atoms with Gasteiger partial charge in [0, 0.05) is 7.05 Å². The Balaban J connectivity index is 3.28. The fourth-order valence-electron chi connectivity index (χ4n) is 0.989. The van der Waals surface area contributed by atoms with Crippen molar-refractivity contribution in [1.29, 1.82) is 0 Å². The van der Waals surface area contributed by atoms with Gasteiger partial charge in [0.15, 0.2) is 6.29 Å². The van der Waals surface area contributed by atoms with Gasteiger partial charge in [-0.2, -0.15) is 0 Å². The van der Waals surface area contributed by atoms with Crippen LogP contribution in [-0.2, 0) is 0 Å². The minimum atomic E-state index is -0.684. The summed E-state index contributed by atoms with van der Waals surface area (Å²) in [4.78, 5) is 21.6. The summed E-state index contributed by atoms with van der Waals surface area (Å²) in [7, 11) is 1.42. The van der Waals surface area contributed by atoms with Gasteiger partial charge in [0.25, 0.3) is 5.91 Å². The molecule has 0 aliphatic heterocycles. The lowest BCUT2D eigenvalue weighted by molar-refractivity contribution is 0.0956. The number of aldehydes is 1. The summed E-state index contributed by atoms with van der Waals surface area (Å²) in [5, 5.41) is 2.32. The van der Waals surface area contributed by atoms with Crippen LogP contribution in [0.5, 0.6) is 0 Å². The molecular formula is C9H8FNO2. The van der Waals surface area contributed by atoms with Gasteiger partial charge in [0.05, 0.1) is 11.1 Å². The molecule has 0 spiro atoms. The first kappa shape index (κ1) is 9.38. The lowest BCUT2D eigenvalue weighted by Crippen LogP contribution is -2.20. The van der Waals surface area contributed by atoms with Gasteiger partial charge in [-0.1, -0.05) is 6.07 Å². The van der Waals surface area contributed by atoms with E-state index in [1.54, 1.807) is 0 Å². The Morgan fingerprint density at radius 1 is 1.54 bits per heavy atom. The van der Waals surface area contributed by atoms with Crippen LogP contribution in [0.2, 0.25) is 0 Å². The number of carbonyl (C=O) groups excluding carboxylic acids is 2. The summed E-state index contributed by atoms with van der Waals surface area (Å²) in [6.45, 7) is 0. The second-order valence-corrected chi connectivity index (χ2v) is 2.40. The van der Waals surface area contributed by atoms with Crippen molar-refractivity contribution < 1.29 is 14.0 Å². The fraction of sp³-hybridized carbons (Fsp3) is 0.111. The van der Waals surface area contributed by atoms with E-state index in [9.17, 15) is 14.0 Å². The van der Waals surface area contributed by atoms with E-state index in [1.165, 1.54) is 19.2 Å². The minimum absolute atomic E-state index is 0.0532. The van der Waals surface area contributed by atoms with Crippen LogP contribution in [0.1, 0.15) is 20.7 Å². The van der Waals surface area contributed by atoms with Crippen molar-refractivity contribution in [3.63, 3.8) is 0 Å². The van der Waals surface area contributed by atoms with E-state index in [-0.39, 0.29) is 11.1 Å². The molecule has 0 atom stereocenters. The summed E-state index contributed by atoms with van der Waals surface area (Å²) in [6, 6.07) is 3.91. The molecular weight excluding hydrogens is 173 g/mol. The molecule has 0 aliphatic rings. The Kier molecular flexibility index (Phi) is 2.74. The maximum atomic E-state index is 12.9. The van der Waals surface area contributed by atoms with E-state index < -0.39 is 11.7 Å². The van der Waals surface area contributed by atoms with Crippen molar-refractivity contribution in [1.82, 2.24) is 5.32 Å². The van der Waals surface area contributed by atoms with Crippen molar-refractivity contribution in [2.24, 2.45) is 0 Å². The molecule has 4 heteroatoms. The van der Waals surface area contributed by atoms with Crippen LogP contribution in [0.25, 0.3) is 0 Å². The Hall–Kier alpha value is -1.71. The van der Waals surface area contributed by atoms with Crippen molar-refractivity contribution in [3.05, 3.63) is 35.1 Å². The highest BCUT2D eigenvalue weighted by Crippen LogP contribution is 2.10. The van der Waals surface area contributed by atoms with Crippen molar-refractivity contribution in [3.8, 4) is 0 Å². The number of amides is 1. The van der Waals surface area contributed by atoms with Crippen LogP contribution in [0.3, 0.4) is 0 Å². The minimum Gasteiger partial charge on any atom is -0.355 e. The molecule has 0 saturated heterocycles. The van der Waals surface area contributed by atoms with E-state index in [0.29, 0.717) is 6.29 Å². The van der Waals surface area contributed by atoms with E-state index in [0.717, 1.165) is 6.07 Å². The van der Waals surface area contributed by atoms with Gasteiger partial charge in [-0.05, 0) is 12.1 Å². The molecule has 0 heterocycles. The molecule has 0 unspecified atom stereocenters. The molecule has 1 rings (SSSR count). The van der Waals surface area contributed by atoms with Gasteiger partial charge >= 0.3 is 0 Å². The fourth-order valence-corrected chi connectivity index (χ4v) is 0.989. The summed E-state index contributed by atoms with van der Waals surface area (Å²) in [6.07, 6.45) is 0.333. The Labute approximate surface area is 74.6 Å². The molecule has 1 amide bonds. The standard InChI is InChI=1S/C9H8FNO2/c1-11-9(13)6-3-2-4-8(10)7(6)5-12/h2-5H,1H3,(H,11,13). The lowest BCUT2D eigenvalue weighted by atomic mass is 10.1. The Morgan fingerprint density at radius 3 is 2.77 bits per heavy atom. The van der Waals surface area contributed by atoms with Crippen LogP contribution in [0.15, 0.2) is 18.2 Å². The summed E-state index contributed by atoms with van der Waals surface area (Å²) < 4.78 is 12.9. The lowest BCUT2D eigenvalue weighted by Gasteiger charge is -2.02. The second kappa shape index (κ2) is 3.80. The molecule has 0 bridgehead atoms. The predicted molar refractivity (Wildman–Crippen MR) is 45.2 cm³/mol. The van der Waals surface area contributed by atoms with E-state index >= 15 is 0 Å².